The van der Waals surface area contributed by atoms with Crippen LogP contribution < -0.4 is 4.74 Å². The molecule has 2 aliphatic rings. The fourth-order valence-electron chi connectivity index (χ4n) is 5.73. The molecular formula is C30H38FN5O5. The second-order valence-corrected chi connectivity index (χ2v) is 11.7. The zero-order chi connectivity index (χ0) is 29.6. The smallest absolute Gasteiger partial charge is 0.337 e. The number of nitrogens with zero attached hydrogens (tertiary/aromatic N) is 5. The fraction of sp³-hybridized carbons (Fsp3) is 0.533. The predicted octanol–water partition coefficient (Wildman–Crippen LogP) is 4.20. The van der Waals surface area contributed by atoms with Crippen LogP contribution >= 0.6 is 0 Å². The first-order valence-electron chi connectivity index (χ1n) is 14.2. The Morgan fingerprint density at radius 3 is 2.51 bits per heavy atom. The van der Waals surface area contributed by atoms with Crippen LogP contribution in [-0.2, 0) is 16.0 Å². The van der Waals surface area contributed by atoms with Gasteiger partial charge in [-0.15, -0.1) is 0 Å². The molecule has 11 heteroatoms. The van der Waals surface area contributed by atoms with Gasteiger partial charge in [-0.2, -0.15) is 5.10 Å². The van der Waals surface area contributed by atoms with E-state index in [1.807, 2.05) is 6.92 Å². The molecule has 41 heavy (non-hydrogen) atoms. The monoisotopic (exact) mass is 567 g/mol. The first-order chi connectivity index (χ1) is 19.4. The second-order valence-electron chi connectivity index (χ2n) is 11.7. The second kappa shape index (κ2) is 11.0. The molecule has 1 saturated heterocycles. The molecule has 0 bridgehead atoms. The summed E-state index contributed by atoms with van der Waals surface area (Å²) in [6.45, 7) is 15.1. The Bertz CT molecular complexity index is 1500. The number of benzene rings is 1. The zero-order valence-electron chi connectivity index (χ0n) is 24.6. The van der Waals surface area contributed by atoms with Crippen LogP contribution in [0, 0.1) is 19.7 Å². The van der Waals surface area contributed by atoms with E-state index >= 15 is 4.39 Å². The number of aromatic nitrogens is 3. The first kappa shape index (κ1) is 28.9. The van der Waals surface area contributed by atoms with Gasteiger partial charge in [-0.25, -0.2) is 18.7 Å². The highest BCUT2D eigenvalue weighted by Crippen LogP contribution is 2.41. The van der Waals surface area contributed by atoms with Gasteiger partial charge in [0, 0.05) is 54.6 Å². The van der Waals surface area contributed by atoms with Gasteiger partial charge in [0.2, 0.25) is 0 Å². The number of fused-ring (bicyclic) bond motifs is 2. The number of halogens is 1. The molecular weight excluding hydrogens is 529 g/mol. The molecule has 2 aromatic heterocycles. The van der Waals surface area contributed by atoms with E-state index in [-0.39, 0.29) is 22.9 Å². The van der Waals surface area contributed by atoms with Gasteiger partial charge in [0.25, 0.3) is 5.91 Å². The fourth-order valence-corrected chi connectivity index (χ4v) is 5.73. The van der Waals surface area contributed by atoms with E-state index in [9.17, 15) is 14.7 Å². The van der Waals surface area contributed by atoms with Crippen molar-refractivity contribution in [2.75, 3.05) is 39.3 Å². The number of carbonyl (C=O) groups excluding carboxylic acids is 1. The molecule has 1 fully saturated rings. The minimum absolute atomic E-state index is 0.197. The van der Waals surface area contributed by atoms with Crippen molar-refractivity contribution in [2.45, 2.75) is 66.1 Å². The maximum absolute atomic E-state index is 15.5. The van der Waals surface area contributed by atoms with Crippen LogP contribution in [0.15, 0.2) is 12.1 Å². The lowest BCUT2D eigenvalue weighted by Crippen LogP contribution is -2.48. The largest absolute Gasteiger partial charge is 0.490 e. The predicted molar refractivity (Wildman–Crippen MR) is 151 cm³/mol. The van der Waals surface area contributed by atoms with Crippen LogP contribution in [0.2, 0.25) is 0 Å². The molecule has 5 rings (SSSR count). The molecule has 0 spiro atoms. The molecule has 1 N–H and O–H groups in total. The number of aryl methyl sites for hydroxylation is 1. The van der Waals surface area contributed by atoms with Gasteiger partial charge in [-0.1, -0.05) is 6.92 Å². The summed E-state index contributed by atoms with van der Waals surface area (Å²) in [5.41, 5.74) is 2.70. The Labute approximate surface area is 239 Å². The van der Waals surface area contributed by atoms with E-state index in [1.54, 1.807) is 38.7 Å². The number of likely N-dealkylation sites (N-methyl/N-ethyl adjacent to an activating group) is 1. The third-order valence-corrected chi connectivity index (χ3v) is 7.80. The number of carboxylic acid groups (broad SMARTS) is 1. The maximum atomic E-state index is 15.5. The van der Waals surface area contributed by atoms with Gasteiger partial charge in [-0.3, -0.25) is 4.79 Å². The Balaban J connectivity index is 1.74. The standard InChI is InChI=1S/C30H38FN5O5/c1-7-34-10-12-35(13-11-34)28(37)22-16-23-32-18(3)24(27(29(38)39)41-30(4,5)6)25(36(23)33-22)20-15-21(31)26-19(17(20)2)9-8-14-40-26/h15-16,27H,7-14H2,1-6H3,(H,38,39)/t27-/m0/s1. The summed E-state index contributed by atoms with van der Waals surface area (Å²) in [5, 5.41) is 15.0. The average molecular weight is 568 g/mol. The van der Waals surface area contributed by atoms with Crippen LogP contribution in [0.25, 0.3) is 16.9 Å². The summed E-state index contributed by atoms with van der Waals surface area (Å²) in [7, 11) is 0. The van der Waals surface area contributed by atoms with E-state index in [2.05, 4.69) is 21.9 Å². The van der Waals surface area contributed by atoms with E-state index in [0.29, 0.717) is 48.7 Å². The van der Waals surface area contributed by atoms with Gasteiger partial charge < -0.3 is 24.4 Å². The summed E-state index contributed by atoms with van der Waals surface area (Å²) >= 11 is 0. The zero-order valence-corrected chi connectivity index (χ0v) is 24.6. The quantitative estimate of drug-likeness (QED) is 0.472. The van der Waals surface area contributed by atoms with Gasteiger partial charge in [0.05, 0.1) is 17.9 Å². The van der Waals surface area contributed by atoms with Crippen molar-refractivity contribution < 1.29 is 28.6 Å². The molecule has 1 atom stereocenters. The van der Waals surface area contributed by atoms with Crippen molar-refractivity contribution >= 4 is 17.5 Å². The molecule has 0 saturated carbocycles. The lowest BCUT2D eigenvalue weighted by Gasteiger charge is -2.33. The van der Waals surface area contributed by atoms with E-state index in [4.69, 9.17) is 9.47 Å². The van der Waals surface area contributed by atoms with Crippen LogP contribution in [0.1, 0.15) is 73.1 Å². The van der Waals surface area contributed by atoms with Crippen molar-refractivity contribution in [3.8, 4) is 17.0 Å². The number of aliphatic carboxylic acids is 1. The third-order valence-electron chi connectivity index (χ3n) is 7.80. The number of carbonyl (C=O) groups is 2. The molecule has 3 aromatic rings. The normalized spacial score (nSPS) is 16.9. The maximum Gasteiger partial charge on any atom is 0.337 e. The van der Waals surface area contributed by atoms with Crippen molar-refractivity contribution in [1.29, 1.82) is 0 Å². The lowest BCUT2D eigenvalue weighted by atomic mass is 9.91. The Morgan fingerprint density at radius 2 is 1.88 bits per heavy atom. The van der Waals surface area contributed by atoms with Gasteiger partial charge >= 0.3 is 5.97 Å². The number of piperazine rings is 1. The number of hydrogen-bond donors (Lipinski definition) is 1. The number of amides is 1. The molecule has 0 radical (unpaired) electrons. The van der Waals surface area contributed by atoms with Crippen molar-refractivity contribution in [3.63, 3.8) is 0 Å². The number of ether oxygens (including phenoxy) is 2. The van der Waals surface area contributed by atoms with Crippen LogP contribution in [0.4, 0.5) is 4.39 Å². The number of carboxylic acids is 1. The molecule has 1 amide bonds. The highest BCUT2D eigenvalue weighted by atomic mass is 19.1. The SMILES string of the molecule is CCN1CCN(C(=O)c2cc3nc(C)c([C@H](OC(C)(C)C)C(=O)O)c(-c4cc(F)c5c(c4C)CCCO5)n3n2)CC1. The summed E-state index contributed by atoms with van der Waals surface area (Å²) < 4.78 is 28.7. The van der Waals surface area contributed by atoms with Crippen LogP contribution in [0.5, 0.6) is 5.75 Å². The van der Waals surface area contributed by atoms with E-state index < -0.39 is 23.5 Å². The molecule has 10 nitrogen and oxygen atoms in total. The van der Waals surface area contributed by atoms with E-state index in [0.717, 1.165) is 37.2 Å². The minimum atomic E-state index is -1.41. The highest BCUT2D eigenvalue weighted by Gasteiger charge is 2.35. The van der Waals surface area contributed by atoms with Gasteiger partial charge in [0.15, 0.2) is 29.0 Å². The molecule has 220 valence electrons. The number of hydrogen-bond acceptors (Lipinski definition) is 7. The Morgan fingerprint density at radius 1 is 1.17 bits per heavy atom. The first-order valence-corrected chi connectivity index (χ1v) is 14.2. The number of rotatable bonds is 6. The summed E-state index contributed by atoms with van der Waals surface area (Å²) in [6.07, 6.45) is -0.0468. The summed E-state index contributed by atoms with van der Waals surface area (Å²) in [6, 6.07) is 2.97. The third kappa shape index (κ3) is 5.52. The van der Waals surface area contributed by atoms with Crippen LogP contribution in [0.3, 0.4) is 0 Å². The van der Waals surface area contributed by atoms with Gasteiger partial charge in [-0.05, 0) is 65.6 Å². The van der Waals surface area contributed by atoms with Crippen molar-refractivity contribution in [3.05, 3.63) is 46.0 Å². The molecule has 0 unspecified atom stereocenters. The van der Waals surface area contributed by atoms with Crippen molar-refractivity contribution in [1.82, 2.24) is 24.4 Å². The van der Waals surface area contributed by atoms with Gasteiger partial charge in [0.1, 0.15) is 0 Å². The van der Waals surface area contributed by atoms with Crippen LogP contribution in [-0.4, -0.2) is 86.3 Å². The topological polar surface area (TPSA) is 110 Å². The minimum Gasteiger partial charge on any atom is -0.490 e. The van der Waals surface area contributed by atoms with E-state index in [1.165, 1.54) is 10.6 Å². The lowest BCUT2D eigenvalue weighted by molar-refractivity contribution is -0.160. The average Bonchev–Trinajstić information content (AvgIpc) is 3.36. The molecule has 4 heterocycles. The van der Waals surface area contributed by atoms with Crippen molar-refractivity contribution in [2.24, 2.45) is 0 Å². The Hall–Kier alpha value is -3.57. The Kier molecular flexibility index (Phi) is 7.78. The highest BCUT2D eigenvalue weighted by molar-refractivity contribution is 5.94. The molecule has 2 aliphatic heterocycles. The summed E-state index contributed by atoms with van der Waals surface area (Å²) in [4.78, 5) is 34.9. The molecule has 0 aliphatic carbocycles. The molecule has 1 aromatic carbocycles. The summed E-state index contributed by atoms with van der Waals surface area (Å²) in [5.74, 6) is -1.74.